The number of aliphatic carboxylic acids is 1. The summed E-state index contributed by atoms with van der Waals surface area (Å²) in [7, 11) is 0. The molecule has 0 radical (unpaired) electrons. The van der Waals surface area contributed by atoms with Gasteiger partial charge < -0.3 is 10.0 Å². The van der Waals surface area contributed by atoms with Crippen LogP contribution >= 0.6 is 0 Å². The molecule has 1 amide bonds. The molecule has 4 heteroatoms. The molecule has 0 bridgehead atoms. The van der Waals surface area contributed by atoms with E-state index in [0.29, 0.717) is 18.9 Å². The van der Waals surface area contributed by atoms with Gasteiger partial charge in [-0.2, -0.15) is 0 Å². The fraction of sp³-hybridized carbons (Fsp3) is 0.778. The maximum atomic E-state index is 11.5. The summed E-state index contributed by atoms with van der Waals surface area (Å²) in [5.41, 5.74) is 0. The van der Waals surface area contributed by atoms with Crippen LogP contribution in [0.2, 0.25) is 0 Å². The molecular weight excluding hydrogens is 170 g/mol. The van der Waals surface area contributed by atoms with E-state index in [9.17, 15) is 9.59 Å². The Bertz CT molecular complexity index is 247. The van der Waals surface area contributed by atoms with E-state index in [4.69, 9.17) is 5.11 Å². The quantitative estimate of drug-likeness (QED) is 0.641. The van der Waals surface area contributed by atoms with Crippen molar-refractivity contribution < 1.29 is 14.7 Å². The molecule has 1 aliphatic carbocycles. The highest BCUT2D eigenvalue weighted by Gasteiger charge is 2.38. The average molecular weight is 183 g/mol. The van der Waals surface area contributed by atoms with Crippen molar-refractivity contribution in [3.63, 3.8) is 0 Å². The highest BCUT2D eigenvalue weighted by molar-refractivity contribution is 5.98. The molecule has 1 aliphatic heterocycles. The number of carboxylic acid groups (broad SMARTS) is 1. The summed E-state index contributed by atoms with van der Waals surface area (Å²) in [6.07, 6.45) is 2.88. The van der Waals surface area contributed by atoms with Crippen LogP contribution in [0, 0.1) is 11.8 Å². The summed E-state index contributed by atoms with van der Waals surface area (Å²) in [5.74, 6) is -1.27. The summed E-state index contributed by atoms with van der Waals surface area (Å²) < 4.78 is 0. The van der Waals surface area contributed by atoms with Crippen molar-refractivity contribution in [1.82, 2.24) is 4.90 Å². The molecule has 2 aliphatic rings. The fourth-order valence-corrected chi connectivity index (χ4v) is 1.76. The van der Waals surface area contributed by atoms with Gasteiger partial charge in [-0.05, 0) is 25.2 Å². The zero-order chi connectivity index (χ0) is 9.42. The number of nitrogens with zero attached hydrogens (tertiary/aromatic N) is 1. The number of hydrogen-bond acceptors (Lipinski definition) is 2. The largest absolute Gasteiger partial charge is 0.481 e. The Morgan fingerprint density at radius 3 is 2.62 bits per heavy atom. The molecule has 13 heavy (non-hydrogen) atoms. The molecule has 1 saturated heterocycles. The molecule has 1 unspecified atom stereocenters. The predicted octanol–water partition coefficient (Wildman–Crippen LogP) is 0.329. The smallest absolute Gasteiger partial charge is 0.316 e. The molecule has 72 valence electrons. The van der Waals surface area contributed by atoms with Crippen LogP contribution in [0.5, 0.6) is 0 Å². The van der Waals surface area contributed by atoms with Gasteiger partial charge in [-0.25, -0.2) is 0 Å². The van der Waals surface area contributed by atoms with Gasteiger partial charge in [-0.15, -0.1) is 0 Å². The van der Waals surface area contributed by atoms with Gasteiger partial charge in [0.05, 0.1) is 0 Å². The van der Waals surface area contributed by atoms with Crippen LogP contribution in [0.15, 0.2) is 0 Å². The van der Waals surface area contributed by atoms with E-state index in [1.807, 2.05) is 0 Å². The lowest BCUT2D eigenvalue weighted by atomic mass is 10.1. The van der Waals surface area contributed by atoms with Crippen molar-refractivity contribution in [3.05, 3.63) is 0 Å². The fourth-order valence-electron chi connectivity index (χ4n) is 1.76. The summed E-state index contributed by atoms with van der Waals surface area (Å²) in [5, 5.41) is 8.70. The lowest BCUT2D eigenvalue weighted by Crippen LogP contribution is -2.31. The van der Waals surface area contributed by atoms with Crippen LogP contribution in [0.3, 0.4) is 0 Å². The second-order valence-electron chi connectivity index (χ2n) is 3.91. The van der Waals surface area contributed by atoms with Crippen LogP contribution < -0.4 is 0 Å². The van der Waals surface area contributed by atoms with Crippen molar-refractivity contribution >= 4 is 11.9 Å². The van der Waals surface area contributed by atoms with Gasteiger partial charge in [-0.3, -0.25) is 9.59 Å². The van der Waals surface area contributed by atoms with Gasteiger partial charge in [0.25, 0.3) is 0 Å². The van der Waals surface area contributed by atoms with Crippen molar-refractivity contribution in [2.24, 2.45) is 11.8 Å². The first kappa shape index (κ1) is 8.53. The van der Waals surface area contributed by atoms with E-state index in [1.54, 1.807) is 4.90 Å². The van der Waals surface area contributed by atoms with Crippen molar-refractivity contribution in [2.75, 3.05) is 13.1 Å². The third kappa shape index (κ3) is 1.66. The standard InChI is InChI=1S/C9H13NO3/c11-8-7(9(12)13)3-4-10(8)5-6-1-2-6/h6-7H,1-5H2,(H,12,13). The number of carbonyl (C=O) groups excluding carboxylic acids is 1. The lowest BCUT2D eigenvalue weighted by molar-refractivity contribution is -0.147. The van der Waals surface area contributed by atoms with Crippen LogP contribution in [-0.4, -0.2) is 35.0 Å². The summed E-state index contributed by atoms with van der Waals surface area (Å²) in [4.78, 5) is 23.8. The summed E-state index contributed by atoms with van der Waals surface area (Å²) in [6.45, 7) is 1.41. The molecular formula is C9H13NO3. The average Bonchev–Trinajstić information content (AvgIpc) is 2.78. The highest BCUT2D eigenvalue weighted by atomic mass is 16.4. The number of rotatable bonds is 3. The molecule has 1 atom stereocenters. The molecule has 2 fully saturated rings. The van der Waals surface area contributed by atoms with Crippen LogP contribution in [0.4, 0.5) is 0 Å². The van der Waals surface area contributed by atoms with Gasteiger partial charge in [0.15, 0.2) is 0 Å². The minimum atomic E-state index is -0.969. The normalized spacial score (nSPS) is 28.2. The minimum absolute atomic E-state index is 0.181. The maximum Gasteiger partial charge on any atom is 0.316 e. The molecule has 4 nitrogen and oxygen atoms in total. The first-order chi connectivity index (χ1) is 6.18. The van der Waals surface area contributed by atoms with Crippen LogP contribution in [-0.2, 0) is 9.59 Å². The monoisotopic (exact) mass is 183 g/mol. The zero-order valence-corrected chi connectivity index (χ0v) is 7.40. The van der Waals surface area contributed by atoms with E-state index in [0.717, 1.165) is 6.54 Å². The second-order valence-corrected chi connectivity index (χ2v) is 3.91. The van der Waals surface area contributed by atoms with Gasteiger partial charge >= 0.3 is 5.97 Å². The molecule has 0 aromatic rings. The van der Waals surface area contributed by atoms with Gasteiger partial charge in [0.1, 0.15) is 5.92 Å². The number of carboxylic acids is 1. The van der Waals surface area contributed by atoms with Crippen molar-refractivity contribution in [1.29, 1.82) is 0 Å². The third-order valence-corrected chi connectivity index (χ3v) is 2.77. The van der Waals surface area contributed by atoms with Crippen LogP contribution in [0.25, 0.3) is 0 Å². The molecule has 0 aromatic heterocycles. The zero-order valence-electron chi connectivity index (χ0n) is 7.40. The third-order valence-electron chi connectivity index (χ3n) is 2.77. The minimum Gasteiger partial charge on any atom is -0.481 e. The Morgan fingerprint density at radius 2 is 2.15 bits per heavy atom. The van der Waals surface area contributed by atoms with E-state index >= 15 is 0 Å². The maximum absolute atomic E-state index is 11.5. The Morgan fingerprint density at radius 1 is 1.46 bits per heavy atom. The number of amides is 1. The van der Waals surface area contributed by atoms with Crippen LogP contribution in [0.1, 0.15) is 19.3 Å². The van der Waals surface area contributed by atoms with Crippen molar-refractivity contribution in [3.8, 4) is 0 Å². The molecule has 0 aromatic carbocycles. The highest BCUT2D eigenvalue weighted by Crippen LogP contribution is 2.31. The first-order valence-corrected chi connectivity index (χ1v) is 4.70. The SMILES string of the molecule is O=C(O)C1CCN(CC2CC2)C1=O. The number of carbonyl (C=O) groups is 2. The Hall–Kier alpha value is -1.06. The Balaban J connectivity index is 1.93. The van der Waals surface area contributed by atoms with Crippen molar-refractivity contribution in [2.45, 2.75) is 19.3 Å². The van der Waals surface area contributed by atoms with E-state index in [-0.39, 0.29) is 5.91 Å². The number of hydrogen-bond donors (Lipinski definition) is 1. The van der Waals surface area contributed by atoms with E-state index < -0.39 is 11.9 Å². The Labute approximate surface area is 76.5 Å². The van der Waals surface area contributed by atoms with Gasteiger partial charge in [0, 0.05) is 13.1 Å². The summed E-state index contributed by atoms with van der Waals surface area (Å²) in [6, 6.07) is 0. The molecule has 2 rings (SSSR count). The van der Waals surface area contributed by atoms with E-state index in [1.165, 1.54) is 12.8 Å². The predicted molar refractivity (Wildman–Crippen MR) is 45.0 cm³/mol. The topological polar surface area (TPSA) is 57.6 Å². The summed E-state index contributed by atoms with van der Waals surface area (Å²) >= 11 is 0. The van der Waals surface area contributed by atoms with Gasteiger partial charge in [-0.1, -0.05) is 0 Å². The Kier molecular flexibility index (Phi) is 1.98. The molecule has 1 N–H and O–H groups in total. The lowest BCUT2D eigenvalue weighted by Gasteiger charge is -2.14. The second kappa shape index (κ2) is 3.01. The van der Waals surface area contributed by atoms with E-state index in [2.05, 4.69) is 0 Å². The number of likely N-dealkylation sites (tertiary alicyclic amines) is 1. The first-order valence-electron chi connectivity index (χ1n) is 4.70. The molecule has 0 spiro atoms. The molecule has 1 heterocycles. The van der Waals surface area contributed by atoms with Gasteiger partial charge in [0.2, 0.25) is 5.91 Å². The molecule has 1 saturated carbocycles.